The van der Waals surface area contributed by atoms with Crippen molar-refractivity contribution < 1.29 is 9.90 Å². The van der Waals surface area contributed by atoms with Crippen LogP contribution in [0.1, 0.15) is 52.4 Å². The summed E-state index contributed by atoms with van der Waals surface area (Å²) in [5.41, 5.74) is -0.552. The lowest BCUT2D eigenvalue weighted by Gasteiger charge is -2.32. The Morgan fingerprint density at radius 3 is 2.53 bits per heavy atom. The Kier molecular flexibility index (Phi) is 4.09. The minimum atomic E-state index is -1.24. The molecule has 0 bridgehead atoms. The summed E-state index contributed by atoms with van der Waals surface area (Å²) in [5.74, 6) is 0.138. The largest absolute Gasteiger partial charge is 0.378 e. The van der Waals surface area contributed by atoms with Crippen LogP contribution in [0.2, 0.25) is 0 Å². The van der Waals surface area contributed by atoms with Gasteiger partial charge < -0.3 is 5.11 Å². The fraction of sp³-hybridized carbons (Fsp3) is 0.769. The standard InChI is InChI=1S/C13H22O2/c1-10(2)11(3)13(15)9-7-5-4-6-8-12(13)14/h10,15H,3-9H2,1-2H3. The van der Waals surface area contributed by atoms with Crippen molar-refractivity contribution in [1.82, 2.24) is 0 Å². The molecule has 86 valence electrons. The van der Waals surface area contributed by atoms with Crippen LogP contribution in [0.25, 0.3) is 0 Å². The Balaban J connectivity index is 2.84. The average molecular weight is 210 g/mol. The van der Waals surface area contributed by atoms with Gasteiger partial charge in [-0.05, 0) is 30.8 Å². The number of rotatable bonds is 2. The number of Topliss-reactive ketones (excluding diaryl/α,β-unsaturated/α-hetero) is 1. The molecule has 1 saturated carbocycles. The van der Waals surface area contributed by atoms with Crippen molar-refractivity contribution in [2.45, 2.75) is 58.0 Å². The molecule has 1 unspecified atom stereocenters. The zero-order chi connectivity index (χ0) is 11.5. The van der Waals surface area contributed by atoms with E-state index in [4.69, 9.17) is 0 Å². The highest BCUT2D eigenvalue weighted by atomic mass is 16.3. The molecule has 0 aromatic heterocycles. The van der Waals surface area contributed by atoms with E-state index >= 15 is 0 Å². The fourth-order valence-corrected chi connectivity index (χ4v) is 2.18. The molecule has 0 radical (unpaired) electrons. The van der Waals surface area contributed by atoms with Gasteiger partial charge in [0, 0.05) is 6.42 Å². The number of aliphatic hydroxyl groups is 1. The predicted octanol–water partition coefficient (Wildman–Crippen LogP) is 2.85. The first-order valence-corrected chi connectivity index (χ1v) is 5.93. The summed E-state index contributed by atoms with van der Waals surface area (Å²) in [6.45, 7) is 7.86. The van der Waals surface area contributed by atoms with E-state index in [0.29, 0.717) is 18.4 Å². The molecule has 1 fully saturated rings. The van der Waals surface area contributed by atoms with Gasteiger partial charge in [-0.25, -0.2) is 0 Å². The van der Waals surface area contributed by atoms with E-state index in [1.165, 1.54) is 0 Å². The molecule has 2 nitrogen and oxygen atoms in total. The Bertz CT molecular complexity index is 255. The third kappa shape index (κ3) is 2.69. The van der Waals surface area contributed by atoms with Gasteiger partial charge in [0.05, 0.1) is 0 Å². The quantitative estimate of drug-likeness (QED) is 0.712. The smallest absolute Gasteiger partial charge is 0.168 e. The van der Waals surface area contributed by atoms with E-state index in [2.05, 4.69) is 6.58 Å². The lowest BCUT2D eigenvalue weighted by molar-refractivity contribution is -0.135. The molecule has 2 heteroatoms. The minimum Gasteiger partial charge on any atom is -0.378 e. The molecule has 1 atom stereocenters. The second-order valence-corrected chi connectivity index (χ2v) is 4.88. The molecular formula is C13H22O2. The molecule has 0 aliphatic heterocycles. The third-order valence-corrected chi connectivity index (χ3v) is 3.38. The average Bonchev–Trinajstić information content (AvgIpc) is 2.18. The van der Waals surface area contributed by atoms with Crippen LogP contribution in [0.3, 0.4) is 0 Å². The normalized spacial score (nSPS) is 28.7. The van der Waals surface area contributed by atoms with Crippen LogP contribution in [-0.2, 0) is 4.79 Å². The van der Waals surface area contributed by atoms with Crippen LogP contribution in [-0.4, -0.2) is 16.5 Å². The molecule has 15 heavy (non-hydrogen) atoms. The highest BCUT2D eigenvalue weighted by molar-refractivity contribution is 5.90. The van der Waals surface area contributed by atoms with Crippen molar-refractivity contribution in [2.75, 3.05) is 0 Å². The zero-order valence-electron chi connectivity index (χ0n) is 9.88. The summed E-state index contributed by atoms with van der Waals surface area (Å²) in [5, 5.41) is 10.4. The molecule has 0 aromatic rings. The Hall–Kier alpha value is -0.630. The highest BCUT2D eigenvalue weighted by Gasteiger charge is 2.38. The molecule has 0 spiro atoms. The van der Waals surface area contributed by atoms with E-state index in [-0.39, 0.29) is 11.7 Å². The molecule has 1 aliphatic rings. The van der Waals surface area contributed by atoms with Gasteiger partial charge in [0.25, 0.3) is 0 Å². The van der Waals surface area contributed by atoms with Crippen LogP contribution in [0, 0.1) is 5.92 Å². The van der Waals surface area contributed by atoms with Gasteiger partial charge in [-0.2, -0.15) is 0 Å². The second-order valence-electron chi connectivity index (χ2n) is 4.88. The lowest BCUT2D eigenvalue weighted by Crippen LogP contribution is -2.42. The molecule has 0 aromatic carbocycles. The first kappa shape index (κ1) is 12.4. The van der Waals surface area contributed by atoms with E-state index in [1.54, 1.807) is 0 Å². The predicted molar refractivity (Wildman–Crippen MR) is 61.6 cm³/mol. The van der Waals surface area contributed by atoms with Crippen LogP contribution in [0.5, 0.6) is 0 Å². The van der Waals surface area contributed by atoms with Gasteiger partial charge in [0.1, 0.15) is 5.60 Å². The van der Waals surface area contributed by atoms with E-state index in [0.717, 1.165) is 25.7 Å². The van der Waals surface area contributed by atoms with Crippen molar-refractivity contribution in [2.24, 2.45) is 5.92 Å². The molecule has 0 heterocycles. The Morgan fingerprint density at radius 2 is 1.93 bits per heavy atom. The van der Waals surface area contributed by atoms with Gasteiger partial charge in [-0.15, -0.1) is 0 Å². The number of hydrogen-bond acceptors (Lipinski definition) is 2. The number of carbonyl (C=O) groups excluding carboxylic acids is 1. The van der Waals surface area contributed by atoms with Crippen molar-refractivity contribution in [3.05, 3.63) is 12.2 Å². The summed E-state index contributed by atoms with van der Waals surface area (Å²) in [6.07, 6.45) is 5.11. The molecule has 0 saturated heterocycles. The Labute approximate surface area is 92.4 Å². The summed E-state index contributed by atoms with van der Waals surface area (Å²) < 4.78 is 0. The van der Waals surface area contributed by atoms with Gasteiger partial charge in [0.2, 0.25) is 0 Å². The first-order valence-electron chi connectivity index (χ1n) is 5.93. The van der Waals surface area contributed by atoms with E-state index < -0.39 is 5.60 Å². The van der Waals surface area contributed by atoms with Gasteiger partial charge in [0.15, 0.2) is 5.78 Å². The van der Waals surface area contributed by atoms with Crippen LogP contribution < -0.4 is 0 Å². The molecule has 0 amide bonds. The number of hydrogen-bond donors (Lipinski definition) is 1. The summed E-state index contributed by atoms with van der Waals surface area (Å²) in [7, 11) is 0. The van der Waals surface area contributed by atoms with Gasteiger partial charge in [-0.1, -0.05) is 33.3 Å². The fourth-order valence-electron chi connectivity index (χ4n) is 2.18. The zero-order valence-corrected chi connectivity index (χ0v) is 9.88. The highest BCUT2D eigenvalue weighted by Crippen LogP contribution is 2.32. The maximum atomic E-state index is 11.9. The number of carbonyl (C=O) groups is 1. The minimum absolute atomic E-state index is 0.0269. The summed E-state index contributed by atoms with van der Waals surface area (Å²) in [6, 6.07) is 0. The van der Waals surface area contributed by atoms with Crippen LogP contribution in [0.4, 0.5) is 0 Å². The maximum Gasteiger partial charge on any atom is 0.168 e. The van der Waals surface area contributed by atoms with E-state index in [1.807, 2.05) is 13.8 Å². The van der Waals surface area contributed by atoms with Gasteiger partial charge >= 0.3 is 0 Å². The lowest BCUT2D eigenvalue weighted by atomic mass is 9.77. The van der Waals surface area contributed by atoms with Gasteiger partial charge in [-0.3, -0.25) is 4.79 Å². The first-order chi connectivity index (χ1) is 6.98. The topological polar surface area (TPSA) is 37.3 Å². The number of ketones is 1. The molecule has 1 rings (SSSR count). The maximum absolute atomic E-state index is 11.9. The summed E-state index contributed by atoms with van der Waals surface area (Å²) >= 11 is 0. The Morgan fingerprint density at radius 1 is 1.33 bits per heavy atom. The summed E-state index contributed by atoms with van der Waals surface area (Å²) in [4.78, 5) is 11.9. The SMILES string of the molecule is C=C(C(C)C)C1(O)CCCCCCC1=O. The van der Waals surface area contributed by atoms with Crippen molar-refractivity contribution in [1.29, 1.82) is 0 Å². The molecule has 1 N–H and O–H groups in total. The van der Waals surface area contributed by atoms with E-state index in [9.17, 15) is 9.90 Å². The van der Waals surface area contributed by atoms with Crippen molar-refractivity contribution in [3.8, 4) is 0 Å². The molecular weight excluding hydrogens is 188 g/mol. The van der Waals surface area contributed by atoms with Crippen LogP contribution >= 0.6 is 0 Å². The second kappa shape index (κ2) is 4.93. The molecule has 1 aliphatic carbocycles. The monoisotopic (exact) mass is 210 g/mol. The van der Waals surface area contributed by atoms with Crippen molar-refractivity contribution in [3.63, 3.8) is 0 Å². The third-order valence-electron chi connectivity index (χ3n) is 3.38. The van der Waals surface area contributed by atoms with Crippen LogP contribution in [0.15, 0.2) is 12.2 Å². The van der Waals surface area contributed by atoms with Crippen molar-refractivity contribution >= 4 is 5.78 Å².